The predicted molar refractivity (Wildman–Crippen MR) is 101 cm³/mol. The molecule has 2 unspecified atom stereocenters. The third-order valence-corrected chi connectivity index (χ3v) is 4.81. The van der Waals surface area contributed by atoms with E-state index in [4.69, 9.17) is 9.47 Å². The van der Waals surface area contributed by atoms with Crippen LogP contribution in [0.3, 0.4) is 0 Å². The number of carbonyl (C=O) groups is 2. The number of rotatable bonds is 8. The molecule has 29 heavy (non-hydrogen) atoms. The fourth-order valence-electron chi connectivity index (χ4n) is 2.77. The van der Waals surface area contributed by atoms with Crippen molar-refractivity contribution in [3.8, 4) is 0 Å². The minimum atomic E-state index is -1.93. The van der Waals surface area contributed by atoms with E-state index in [0.29, 0.717) is 32.4 Å². The van der Waals surface area contributed by atoms with Crippen molar-refractivity contribution in [3.05, 3.63) is 11.6 Å². The molecule has 2 aliphatic heterocycles. The standard InChI is InChI=1S/C17H28N4O7S/c1-16(2,3)18-9-11(22)10-28-17(12(14(25)26)8-13(23)24)15(19-29-20-17)21-4-6-27-7-5-21/h8,11,18,20,22H,4-7,9-10H2,1-3H3,(H,23,24)(H,25,26)/p-2/b12-8+. The van der Waals surface area contributed by atoms with Gasteiger partial charge in [0.25, 0.3) is 0 Å². The number of aliphatic hydroxyl groups excluding tert-OH is 1. The first-order valence-corrected chi connectivity index (χ1v) is 9.88. The number of carboxylic acids is 2. The summed E-state index contributed by atoms with van der Waals surface area (Å²) in [5.74, 6) is -3.31. The molecule has 3 N–H and O–H groups in total. The predicted octanol–water partition coefficient (Wildman–Crippen LogP) is -3.23. The molecule has 2 heterocycles. The Morgan fingerprint density at radius 1 is 1.45 bits per heavy atom. The van der Waals surface area contributed by atoms with Gasteiger partial charge in [-0.15, -0.1) is 0 Å². The Labute approximate surface area is 173 Å². The highest BCUT2D eigenvalue weighted by Crippen LogP contribution is 2.32. The molecule has 1 fully saturated rings. The summed E-state index contributed by atoms with van der Waals surface area (Å²) in [5.41, 5.74) is -2.88. The van der Waals surface area contributed by atoms with E-state index in [1.165, 1.54) is 0 Å². The van der Waals surface area contributed by atoms with E-state index in [0.717, 1.165) is 12.1 Å². The van der Waals surface area contributed by atoms with Gasteiger partial charge in [-0.25, -0.2) is 4.72 Å². The lowest BCUT2D eigenvalue weighted by molar-refractivity contribution is -0.304. The number of amidine groups is 1. The number of carboxylic acid groups (broad SMARTS) is 2. The number of hydrogen-bond donors (Lipinski definition) is 3. The SMILES string of the molecule is CC(C)(C)NCC(O)COC1(/C(=C/C(=O)[O-])C(=O)[O-])NSN=C1N1CCOCC1. The smallest absolute Gasteiger partial charge is 0.217 e. The van der Waals surface area contributed by atoms with Crippen LogP contribution in [0, 0.1) is 0 Å². The summed E-state index contributed by atoms with van der Waals surface area (Å²) < 4.78 is 18.0. The normalized spacial score (nSPS) is 24.3. The molecule has 12 heteroatoms. The molecule has 11 nitrogen and oxygen atoms in total. The van der Waals surface area contributed by atoms with E-state index in [1.807, 2.05) is 20.8 Å². The molecule has 0 aromatic heterocycles. The maximum atomic E-state index is 11.8. The van der Waals surface area contributed by atoms with Gasteiger partial charge in [-0.3, -0.25) is 0 Å². The lowest BCUT2D eigenvalue weighted by Crippen LogP contribution is -2.61. The number of aliphatic hydroxyl groups is 1. The van der Waals surface area contributed by atoms with Crippen LogP contribution >= 0.6 is 12.1 Å². The maximum absolute atomic E-state index is 11.8. The number of nitrogens with one attached hydrogen (secondary N) is 2. The van der Waals surface area contributed by atoms with E-state index < -0.39 is 29.3 Å². The number of ether oxygens (including phenoxy) is 2. The molecule has 2 rings (SSSR count). The summed E-state index contributed by atoms with van der Waals surface area (Å²) in [6.45, 7) is 7.27. The van der Waals surface area contributed by atoms with Crippen molar-refractivity contribution in [1.29, 1.82) is 0 Å². The second-order valence-electron chi connectivity index (χ2n) is 7.65. The molecule has 164 valence electrons. The van der Waals surface area contributed by atoms with Crippen molar-refractivity contribution < 1.29 is 34.4 Å². The Bertz CT molecular complexity index is 673. The average Bonchev–Trinajstić information content (AvgIpc) is 3.07. The molecule has 0 amide bonds. The monoisotopic (exact) mass is 430 g/mol. The number of hydrogen-bond acceptors (Lipinski definition) is 12. The fourth-order valence-corrected chi connectivity index (χ4v) is 3.53. The summed E-state index contributed by atoms with van der Waals surface area (Å²) in [5, 5.41) is 36.3. The van der Waals surface area contributed by atoms with Crippen molar-refractivity contribution in [2.45, 2.75) is 38.1 Å². The molecule has 0 aromatic rings. The first-order valence-electron chi connectivity index (χ1n) is 9.11. The van der Waals surface area contributed by atoms with Gasteiger partial charge in [0.05, 0.1) is 50.0 Å². The molecule has 0 saturated carbocycles. The highest BCUT2D eigenvalue weighted by atomic mass is 32.2. The highest BCUT2D eigenvalue weighted by Gasteiger charge is 2.48. The van der Waals surface area contributed by atoms with Crippen LogP contribution in [-0.4, -0.2) is 84.6 Å². The van der Waals surface area contributed by atoms with E-state index in [2.05, 4.69) is 14.4 Å². The third kappa shape index (κ3) is 6.39. The van der Waals surface area contributed by atoms with Gasteiger partial charge in [0.1, 0.15) is 0 Å². The number of nitrogens with zero attached hydrogens (tertiary/aromatic N) is 2. The zero-order valence-corrected chi connectivity index (χ0v) is 17.4. The Morgan fingerprint density at radius 2 is 2.10 bits per heavy atom. The van der Waals surface area contributed by atoms with Crippen molar-refractivity contribution in [2.75, 3.05) is 39.5 Å². The molecule has 2 aliphatic rings. The zero-order chi connectivity index (χ0) is 21.7. The van der Waals surface area contributed by atoms with E-state index in [-0.39, 0.29) is 24.5 Å². The molecule has 0 aliphatic carbocycles. The van der Waals surface area contributed by atoms with Crippen molar-refractivity contribution in [3.63, 3.8) is 0 Å². The van der Waals surface area contributed by atoms with Crippen LogP contribution in [0.15, 0.2) is 16.0 Å². The van der Waals surface area contributed by atoms with Gasteiger partial charge in [0.15, 0.2) is 5.84 Å². The molecular weight excluding hydrogens is 404 g/mol. The van der Waals surface area contributed by atoms with Gasteiger partial charge in [0, 0.05) is 30.7 Å². The third-order valence-electron chi connectivity index (χ3n) is 4.17. The Kier molecular flexibility index (Phi) is 8.02. The van der Waals surface area contributed by atoms with Crippen LogP contribution in [0.25, 0.3) is 0 Å². The fraction of sp³-hybridized carbons (Fsp3) is 0.706. The van der Waals surface area contributed by atoms with Crippen LogP contribution < -0.4 is 20.3 Å². The number of aliphatic carboxylic acids is 2. The van der Waals surface area contributed by atoms with Crippen LogP contribution in [0.4, 0.5) is 0 Å². The minimum Gasteiger partial charge on any atom is -0.545 e. The molecular formula is C17H26N4O7S-2. The van der Waals surface area contributed by atoms with Crippen LogP contribution in [-0.2, 0) is 19.1 Å². The average molecular weight is 430 g/mol. The topological polar surface area (TPSA) is 159 Å². The van der Waals surface area contributed by atoms with Gasteiger partial charge in [-0.1, -0.05) is 0 Å². The summed E-state index contributed by atoms with van der Waals surface area (Å²) in [4.78, 5) is 24.7. The van der Waals surface area contributed by atoms with Gasteiger partial charge < -0.3 is 44.6 Å². The Hall–Kier alpha value is -1.70. The summed E-state index contributed by atoms with van der Waals surface area (Å²) in [6, 6.07) is 0. The molecule has 2 atom stereocenters. The molecule has 0 bridgehead atoms. The number of morpholine rings is 1. The first kappa shape index (κ1) is 23.6. The van der Waals surface area contributed by atoms with E-state index >= 15 is 0 Å². The Morgan fingerprint density at radius 3 is 2.66 bits per heavy atom. The van der Waals surface area contributed by atoms with Gasteiger partial charge in [0.2, 0.25) is 5.72 Å². The molecule has 1 saturated heterocycles. The summed E-state index contributed by atoms with van der Waals surface area (Å²) in [6.07, 6.45) is -0.584. The van der Waals surface area contributed by atoms with Gasteiger partial charge in [-0.05, 0) is 26.8 Å². The van der Waals surface area contributed by atoms with Crippen molar-refractivity contribution >= 4 is 29.9 Å². The largest absolute Gasteiger partial charge is 0.545 e. The number of β-amino-alcohol motifs (C(OH)–C–C–N with tert-alkyl or cyclic N) is 1. The van der Waals surface area contributed by atoms with Crippen LogP contribution in [0.1, 0.15) is 20.8 Å². The van der Waals surface area contributed by atoms with Crippen molar-refractivity contribution in [2.24, 2.45) is 4.40 Å². The Balaban J connectivity index is 2.29. The van der Waals surface area contributed by atoms with E-state index in [1.54, 1.807) is 4.90 Å². The maximum Gasteiger partial charge on any atom is 0.217 e. The summed E-state index contributed by atoms with van der Waals surface area (Å²) >= 11 is 0.813. The summed E-state index contributed by atoms with van der Waals surface area (Å²) in [7, 11) is 0. The van der Waals surface area contributed by atoms with Gasteiger partial charge in [-0.2, -0.15) is 4.40 Å². The molecule has 0 aromatic carbocycles. The second-order valence-corrected chi connectivity index (χ2v) is 8.22. The van der Waals surface area contributed by atoms with E-state index in [9.17, 15) is 24.9 Å². The van der Waals surface area contributed by atoms with Crippen LogP contribution in [0.5, 0.6) is 0 Å². The highest BCUT2D eigenvalue weighted by molar-refractivity contribution is 7.96. The van der Waals surface area contributed by atoms with Gasteiger partial charge >= 0.3 is 0 Å². The lowest BCUT2D eigenvalue weighted by atomic mass is 10.00. The van der Waals surface area contributed by atoms with Crippen LogP contribution in [0.2, 0.25) is 0 Å². The quantitative estimate of drug-likeness (QED) is 0.262. The first-order chi connectivity index (χ1) is 13.5. The molecule has 0 spiro atoms. The minimum absolute atomic E-state index is 0.165. The zero-order valence-electron chi connectivity index (χ0n) is 16.6. The molecule has 0 radical (unpaired) electrons. The lowest BCUT2D eigenvalue weighted by Gasteiger charge is -2.40. The second kappa shape index (κ2) is 9.87. The number of carbonyl (C=O) groups excluding carboxylic acids is 2. The van der Waals surface area contributed by atoms with Crippen molar-refractivity contribution in [1.82, 2.24) is 14.9 Å².